The molecule has 1 unspecified atom stereocenters. The zero-order valence-corrected chi connectivity index (χ0v) is 15.7. The lowest BCUT2D eigenvalue weighted by Crippen LogP contribution is -2.25. The Kier molecular flexibility index (Phi) is 5.33. The Morgan fingerprint density at radius 3 is 2.66 bits per heavy atom. The van der Waals surface area contributed by atoms with Crippen LogP contribution in [0.3, 0.4) is 0 Å². The van der Waals surface area contributed by atoms with Crippen molar-refractivity contribution in [2.24, 2.45) is 5.92 Å². The van der Waals surface area contributed by atoms with Crippen molar-refractivity contribution in [2.45, 2.75) is 19.5 Å². The van der Waals surface area contributed by atoms with Crippen molar-refractivity contribution in [2.75, 3.05) is 11.9 Å². The van der Waals surface area contributed by atoms with Crippen LogP contribution in [0, 0.1) is 11.7 Å². The molecular weight excluding hydrogens is 373 g/mol. The molecule has 0 aliphatic carbocycles. The number of hydrogen-bond donors (Lipinski definition) is 1. The lowest BCUT2D eigenvalue weighted by Gasteiger charge is -2.16. The third kappa shape index (κ3) is 4.66. The van der Waals surface area contributed by atoms with Crippen LogP contribution in [0.15, 0.2) is 60.8 Å². The number of likely N-dealkylation sites (tertiary alicyclic amines) is 1. The van der Waals surface area contributed by atoms with Gasteiger partial charge in [0.15, 0.2) is 5.69 Å². The van der Waals surface area contributed by atoms with E-state index in [2.05, 4.69) is 15.6 Å². The number of nitrogens with one attached hydrogen (secondary N) is 1. The Balaban J connectivity index is 1.33. The van der Waals surface area contributed by atoms with Crippen LogP contribution in [0.4, 0.5) is 10.1 Å². The second-order valence-electron chi connectivity index (χ2n) is 7.12. The first kappa shape index (κ1) is 18.8. The average Bonchev–Trinajstić information content (AvgIpc) is 3.31. The summed E-state index contributed by atoms with van der Waals surface area (Å²) in [6.45, 7) is 1.75. The Labute approximate surface area is 167 Å². The Hall–Kier alpha value is -3.55. The van der Waals surface area contributed by atoms with E-state index in [0.717, 1.165) is 5.56 Å². The summed E-state index contributed by atoms with van der Waals surface area (Å²) < 4.78 is 14.5. The standard InChI is InChI=1S/C21H20FN5O2/c22-17-6-8-18(9-7-17)23-21(29)19-14-27(25-24-19)13-16-10-20(28)26(12-16)11-15-4-2-1-3-5-15/h1-9,14,16H,10-13H2,(H,23,29). The quantitative estimate of drug-likeness (QED) is 0.698. The minimum Gasteiger partial charge on any atom is -0.338 e. The molecule has 0 radical (unpaired) electrons. The number of carbonyl (C=O) groups is 2. The summed E-state index contributed by atoms with van der Waals surface area (Å²) in [6.07, 6.45) is 2.01. The van der Waals surface area contributed by atoms with Crippen LogP contribution in [0.5, 0.6) is 0 Å². The summed E-state index contributed by atoms with van der Waals surface area (Å²) >= 11 is 0. The van der Waals surface area contributed by atoms with Gasteiger partial charge in [-0.15, -0.1) is 5.10 Å². The van der Waals surface area contributed by atoms with Crippen LogP contribution in [0.25, 0.3) is 0 Å². The molecule has 8 heteroatoms. The first-order valence-electron chi connectivity index (χ1n) is 9.35. The van der Waals surface area contributed by atoms with Gasteiger partial charge in [-0.05, 0) is 29.8 Å². The highest BCUT2D eigenvalue weighted by Crippen LogP contribution is 2.21. The third-order valence-corrected chi connectivity index (χ3v) is 4.83. The highest BCUT2D eigenvalue weighted by atomic mass is 19.1. The van der Waals surface area contributed by atoms with E-state index in [0.29, 0.717) is 31.7 Å². The van der Waals surface area contributed by atoms with Gasteiger partial charge in [-0.3, -0.25) is 14.3 Å². The molecule has 1 fully saturated rings. The van der Waals surface area contributed by atoms with Crippen LogP contribution in [-0.2, 0) is 17.9 Å². The Morgan fingerprint density at radius 1 is 1.14 bits per heavy atom. The number of amides is 2. The number of hydrogen-bond acceptors (Lipinski definition) is 4. The fourth-order valence-corrected chi connectivity index (χ4v) is 3.42. The van der Waals surface area contributed by atoms with E-state index in [-0.39, 0.29) is 23.3 Å². The minimum absolute atomic E-state index is 0.112. The number of carbonyl (C=O) groups excluding carboxylic acids is 2. The number of anilines is 1. The molecule has 0 bridgehead atoms. The average molecular weight is 393 g/mol. The van der Waals surface area contributed by atoms with Gasteiger partial charge in [0.05, 0.1) is 6.20 Å². The Morgan fingerprint density at radius 2 is 1.90 bits per heavy atom. The predicted octanol–water partition coefficient (Wildman–Crippen LogP) is 2.72. The smallest absolute Gasteiger partial charge is 0.277 e. The number of benzene rings is 2. The van der Waals surface area contributed by atoms with Crippen LogP contribution in [0.1, 0.15) is 22.5 Å². The maximum absolute atomic E-state index is 13.0. The van der Waals surface area contributed by atoms with E-state index in [1.54, 1.807) is 10.9 Å². The number of halogens is 1. The van der Waals surface area contributed by atoms with Gasteiger partial charge in [-0.1, -0.05) is 35.5 Å². The molecule has 0 saturated carbocycles. The summed E-state index contributed by atoms with van der Waals surface area (Å²) in [5.41, 5.74) is 1.74. The van der Waals surface area contributed by atoms with E-state index in [9.17, 15) is 14.0 Å². The molecule has 1 atom stereocenters. The number of nitrogens with zero attached hydrogens (tertiary/aromatic N) is 4. The van der Waals surface area contributed by atoms with Crippen LogP contribution >= 0.6 is 0 Å². The third-order valence-electron chi connectivity index (χ3n) is 4.83. The summed E-state index contributed by atoms with van der Waals surface area (Å²) in [5.74, 6) is -0.563. The lowest BCUT2D eigenvalue weighted by molar-refractivity contribution is -0.128. The summed E-state index contributed by atoms with van der Waals surface area (Å²) in [4.78, 5) is 26.4. The molecule has 29 heavy (non-hydrogen) atoms. The largest absolute Gasteiger partial charge is 0.338 e. The molecule has 0 spiro atoms. The topological polar surface area (TPSA) is 80.1 Å². The number of rotatable bonds is 6. The fraction of sp³-hybridized carbons (Fsp3) is 0.238. The second-order valence-corrected chi connectivity index (χ2v) is 7.12. The van der Waals surface area contributed by atoms with Gasteiger partial charge < -0.3 is 10.2 Å². The van der Waals surface area contributed by atoms with Crippen molar-refractivity contribution in [3.63, 3.8) is 0 Å². The predicted molar refractivity (Wildman–Crippen MR) is 104 cm³/mol. The first-order valence-corrected chi connectivity index (χ1v) is 9.35. The highest BCUT2D eigenvalue weighted by molar-refractivity contribution is 6.02. The van der Waals surface area contributed by atoms with Gasteiger partial charge in [-0.25, -0.2) is 4.39 Å². The lowest BCUT2D eigenvalue weighted by atomic mass is 10.1. The maximum atomic E-state index is 13.0. The summed E-state index contributed by atoms with van der Waals surface area (Å²) in [5, 5.41) is 10.6. The van der Waals surface area contributed by atoms with Crippen molar-refractivity contribution < 1.29 is 14.0 Å². The highest BCUT2D eigenvalue weighted by Gasteiger charge is 2.30. The molecular formula is C21H20FN5O2. The van der Waals surface area contributed by atoms with Crippen LogP contribution < -0.4 is 5.32 Å². The molecule has 4 rings (SSSR count). The zero-order valence-electron chi connectivity index (χ0n) is 15.7. The van der Waals surface area contributed by atoms with Gasteiger partial charge >= 0.3 is 0 Å². The molecule has 1 aliphatic heterocycles. The van der Waals surface area contributed by atoms with Gasteiger partial charge in [-0.2, -0.15) is 0 Å². The van der Waals surface area contributed by atoms with E-state index in [1.165, 1.54) is 24.3 Å². The van der Waals surface area contributed by atoms with Crippen molar-refractivity contribution in [3.05, 3.63) is 77.9 Å². The van der Waals surface area contributed by atoms with E-state index in [1.807, 2.05) is 35.2 Å². The van der Waals surface area contributed by atoms with Gasteiger partial charge in [0.2, 0.25) is 5.91 Å². The summed E-state index contributed by atoms with van der Waals surface area (Å²) in [7, 11) is 0. The molecule has 1 aromatic heterocycles. The normalized spacial score (nSPS) is 16.2. The zero-order chi connectivity index (χ0) is 20.2. The second kappa shape index (κ2) is 8.22. The molecule has 2 aromatic carbocycles. The minimum atomic E-state index is -0.420. The molecule has 3 aromatic rings. The van der Waals surface area contributed by atoms with Crippen molar-refractivity contribution in [1.82, 2.24) is 19.9 Å². The Bertz CT molecular complexity index is 1000. The monoisotopic (exact) mass is 393 g/mol. The van der Waals surface area contributed by atoms with E-state index >= 15 is 0 Å². The van der Waals surface area contributed by atoms with Crippen molar-refractivity contribution in [3.8, 4) is 0 Å². The van der Waals surface area contributed by atoms with E-state index < -0.39 is 5.91 Å². The van der Waals surface area contributed by atoms with Gasteiger partial charge in [0, 0.05) is 37.7 Å². The molecule has 1 saturated heterocycles. The first-order chi connectivity index (χ1) is 14.1. The van der Waals surface area contributed by atoms with Crippen LogP contribution in [0.2, 0.25) is 0 Å². The van der Waals surface area contributed by atoms with Crippen LogP contribution in [-0.4, -0.2) is 38.3 Å². The van der Waals surface area contributed by atoms with Crippen molar-refractivity contribution >= 4 is 17.5 Å². The van der Waals surface area contributed by atoms with Gasteiger partial charge in [0.25, 0.3) is 5.91 Å². The van der Waals surface area contributed by atoms with Gasteiger partial charge in [0.1, 0.15) is 5.82 Å². The molecule has 7 nitrogen and oxygen atoms in total. The molecule has 1 N–H and O–H groups in total. The van der Waals surface area contributed by atoms with E-state index in [4.69, 9.17) is 0 Å². The maximum Gasteiger partial charge on any atom is 0.277 e. The molecule has 148 valence electrons. The fourth-order valence-electron chi connectivity index (χ4n) is 3.42. The molecule has 2 heterocycles. The molecule has 1 aliphatic rings. The van der Waals surface area contributed by atoms with Crippen molar-refractivity contribution in [1.29, 1.82) is 0 Å². The molecule has 2 amide bonds. The summed E-state index contributed by atoms with van der Waals surface area (Å²) in [6, 6.07) is 15.4. The number of aromatic nitrogens is 3. The SMILES string of the molecule is O=C(Nc1ccc(F)cc1)c1cn(CC2CC(=O)N(Cc3ccccc3)C2)nn1.